The van der Waals surface area contributed by atoms with Crippen LogP contribution in [0.5, 0.6) is 11.5 Å². The third-order valence-electron chi connectivity index (χ3n) is 3.62. The molecular weight excluding hydrogens is 238 g/mol. The summed E-state index contributed by atoms with van der Waals surface area (Å²) in [6, 6.07) is 4.18. The van der Waals surface area contributed by atoms with Gasteiger partial charge in [0.25, 0.3) is 0 Å². The number of fused-ring (bicyclic) bond motifs is 1. The Balaban J connectivity index is 2.27. The fourth-order valence-electron chi connectivity index (χ4n) is 2.55. The second-order valence-electron chi connectivity index (χ2n) is 4.90. The Morgan fingerprint density at radius 3 is 2.53 bits per heavy atom. The number of aliphatic imine (C=N–C) groups is 1. The summed E-state index contributed by atoms with van der Waals surface area (Å²) < 4.78 is 10.8. The molecule has 0 atom stereocenters. The zero-order valence-corrected chi connectivity index (χ0v) is 12.2. The first-order valence-corrected chi connectivity index (χ1v) is 7.08. The van der Waals surface area contributed by atoms with Gasteiger partial charge in [-0.05, 0) is 37.0 Å². The summed E-state index contributed by atoms with van der Waals surface area (Å²) in [6.07, 6.45) is 5.78. The van der Waals surface area contributed by atoms with Crippen LogP contribution in [0, 0.1) is 0 Å². The van der Waals surface area contributed by atoms with Gasteiger partial charge in [0.1, 0.15) is 0 Å². The molecular formula is C16H23NO2. The van der Waals surface area contributed by atoms with Crippen molar-refractivity contribution in [3.63, 3.8) is 0 Å². The zero-order valence-electron chi connectivity index (χ0n) is 12.2. The van der Waals surface area contributed by atoms with Gasteiger partial charge in [-0.1, -0.05) is 19.8 Å². The van der Waals surface area contributed by atoms with Gasteiger partial charge >= 0.3 is 0 Å². The Hall–Kier alpha value is -1.51. The van der Waals surface area contributed by atoms with E-state index in [0.717, 1.165) is 30.9 Å². The molecule has 0 radical (unpaired) electrons. The lowest BCUT2D eigenvalue weighted by molar-refractivity contribution is 0.354. The van der Waals surface area contributed by atoms with E-state index in [2.05, 4.69) is 19.1 Å². The van der Waals surface area contributed by atoms with E-state index in [1.165, 1.54) is 36.1 Å². The van der Waals surface area contributed by atoms with E-state index in [9.17, 15) is 0 Å². The molecule has 1 aliphatic heterocycles. The number of hydrogen-bond donors (Lipinski definition) is 0. The molecule has 1 aromatic rings. The minimum atomic E-state index is 0.798. The molecule has 0 unspecified atom stereocenters. The van der Waals surface area contributed by atoms with E-state index < -0.39 is 0 Å². The molecule has 104 valence electrons. The molecule has 1 aliphatic rings. The topological polar surface area (TPSA) is 30.8 Å². The minimum Gasteiger partial charge on any atom is -0.493 e. The third kappa shape index (κ3) is 3.09. The highest BCUT2D eigenvalue weighted by atomic mass is 16.5. The van der Waals surface area contributed by atoms with Crippen LogP contribution in [0.4, 0.5) is 0 Å². The van der Waals surface area contributed by atoms with Crippen molar-refractivity contribution in [3.05, 3.63) is 23.3 Å². The van der Waals surface area contributed by atoms with Crippen molar-refractivity contribution >= 4 is 5.71 Å². The van der Waals surface area contributed by atoms with Crippen molar-refractivity contribution in [3.8, 4) is 11.5 Å². The standard InChI is InChI=1S/C16H23NO2/c1-4-5-6-7-14-13-11-16(19-3)15(18-2)10-12(13)8-9-17-14/h10-11H,4-9H2,1-3H3. The first-order chi connectivity index (χ1) is 9.30. The normalized spacial score (nSPS) is 13.7. The molecule has 0 N–H and O–H groups in total. The van der Waals surface area contributed by atoms with Gasteiger partial charge in [-0.25, -0.2) is 0 Å². The van der Waals surface area contributed by atoms with Crippen LogP contribution < -0.4 is 9.47 Å². The van der Waals surface area contributed by atoms with Crippen LogP contribution in [0.25, 0.3) is 0 Å². The lowest BCUT2D eigenvalue weighted by Gasteiger charge is -2.19. The van der Waals surface area contributed by atoms with Crippen LogP contribution in [0.1, 0.15) is 43.7 Å². The predicted molar refractivity (Wildman–Crippen MR) is 78.8 cm³/mol. The van der Waals surface area contributed by atoms with E-state index in [4.69, 9.17) is 14.5 Å². The molecule has 2 rings (SSSR count). The second-order valence-corrected chi connectivity index (χ2v) is 4.90. The summed E-state index contributed by atoms with van der Waals surface area (Å²) in [6.45, 7) is 3.12. The van der Waals surface area contributed by atoms with E-state index in [0.29, 0.717) is 0 Å². The maximum absolute atomic E-state index is 5.40. The van der Waals surface area contributed by atoms with Crippen LogP contribution in [0.3, 0.4) is 0 Å². The van der Waals surface area contributed by atoms with E-state index in [-0.39, 0.29) is 0 Å². The summed E-state index contributed by atoms with van der Waals surface area (Å²) in [4.78, 5) is 4.69. The fraction of sp³-hybridized carbons (Fsp3) is 0.562. The quantitative estimate of drug-likeness (QED) is 0.732. The molecule has 0 saturated carbocycles. The lowest BCUT2D eigenvalue weighted by Crippen LogP contribution is -2.13. The molecule has 0 spiro atoms. The van der Waals surface area contributed by atoms with Crippen molar-refractivity contribution < 1.29 is 9.47 Å². The SMILES string of the molecule is CCCCCC1=NCCc2cc(OC)c(OC)cc21. The minimum absolute atomic E-state index is 0.798. The molecule has 0 saturated heterocycles. The molecule has 3 heteroatoms. The van der Waals surface area contributed by atoms with E-state index in [1.807, 2.05) is 0 Å². The van der Waals surface area contributed by atoms with Gasteiger partial charge in [0.05, 0.1) is 14.2 Å². The van der Waals surface area contributed by atoms with Gasteiger partial charge in [0.2, 0.25) is 0 Å². The summed E-state index contributed by atoms with van der Waals surface area (Å²) >= 11 is 0. The molecule has 3 nitrogen and oxygen atoms in total. The smallest absolute Gasteiger partial charge is 0.161 e. The van der Waals surface area contributed by atoms with Crippen molar-refractivity contribution in [2.24, 2.45) is 4.99 Å². The number of unbranched alkanes of at least 4 members (excludes halogenated alkanes) is 2. The van der Waals surface area contributed by atoms with Crippen molar-refractivity contribution in [2.75, 3.05) is 20.8 Å². The Morgan fingerprint density at radius 2 is 1.84 bits per heavy atom. The molecule has 1 heterocycles. The second kappa shape index (κ2) is 6.60. The van der Waals surface area contributed by atoms with E-state index >= 15 is 0 Å². The zero-order chi connectivity index (χ0) is 13.7. The molecule has 0 amide bonds. The molecule has 0 fully saturated rings. The molecule has 0 aromatic heterocycles. The average Bonchev–Trinajstić information content (AvgIpc) is 2.46. The van der Waals surface area contributed by atoms with Crippen molar-refractivity contribution in [1.82, 2.24) is 0 Å². The summed E-state index contributed by atoms with van der Waals surface area (Å²) in [7, 11) is 3.37. The van der Waals surface area contributed by atoms with E-state index in [1.54, 1.807) is 14.2 Å². The largest absolute Gasteiger partial charge is 0.493 e. The highest BCUT2D eigenvalue weighted by Gasteiger charge is 2.17. The van der Waals surface area contributed by atoms with Gasteiger partial charge < -0.3 is 9.47 Å². The van der Waals surface area contributed by atoms with Crippen LogP contribution in [-0.2, 0) is 6.42 Å². The Morgan fingerprint density at radius 1 is 1.11 bits per heavy atom. The number of methoxy groups -OCH3 is 2. The predicted octanol–water partition coefficient (Wildman–Crippen LogP) is 3.63. The highest BCUT2D eigenvalue weighted by molar-refractivity contribution is 6.03. The number of benzene rings is 1. The Bertz CT molecular complexity index is 466. The van der Waals surface area contributed by atoms with Gasteiger partial charge in [-0.15, -0.1) is 0 Å². The Kier molecular flexibility index (Phi) is 4.83. The number of hydrogen-bond acceptors (Lipinski definition) is 3. The third-order valence-corrected chi connectivity index (χ3v) is 3.62. The monoisotopic (exact) mass is 261 g/mol. The average molecular weight is 261 g/mol. The van der Waals surface area contributed by atoms with Gasteiger partial charge in [0.15, 0.2) is 11.5 Å². The Labute approximate surface area is 115 Å². The fourth-order valence-corrected chi connectivity index (χ4v) is 2.55. The molecule has 0 bridgehead atoms. The number of ether oxygens (including phenoxy) is 2. The summed E-state index contributed by atoms with van der Waals surface area (Å²) in [5.74, 6) is 1.61. The van der Waals surface area contributed by atoms with Crippen LogP contribution in [-0.4, -0.2) is 26.5 Å². The molecule has 0 aliphatic carbocycles. The summed E-state index contributed by atoms with van der Waals surface area (Å²) in [5.41, 5.74) is 3.81. The lowest BCUT2D eigenvalue weighted by atomic mass is 9.94. The number of rotatable bonds is 6. The van der Waals surface area contributed by atoms with Crippen LogP contribution >= 0.6 is 0 Å². The maximum atomic E-state index is 5.40. The molecule has 19 heavy (non-hydrogen) atoms. The van der Waals surface area contributed by atoms with Crippen LogP contribution in [0.15, 0.2) is 17.1 Å². The van der Waals surface area contributed by atoms with Crippen LogP contribution in [0.2, 0.25) is 0 Å². The first-order valence-electron chi connectivity index (χ1n) is 7.08. The maximum Gasteiger partial charge on any atom is 0.161 e. The van der Waals surface area contributed by atoms with Crippen molar-refractivity contribution in [2.45, 2.75) is 39.0 Å². The summed E-state index contributed by atoms with van der Waals surface area (Å²) in [5, 5.41) is 0. The first kappa shape index (κ1) is 13.9. The van der Waals surface area contributed by atoms with Gasteiger partial charge in [-0.2, -0.15) is 0 Å². The van der Waals surface area contributed by atoms with Crippen molar-refractivity contribution in [1.29, 1.82) is 0 Å². The van der Waals surface area contributed by atoms with Gasteiger partial charge in [0, 0.05) is 17.8 Å². The molecule has 1 aromatic carbocycles. The number of nitrogens with zero attached hydrogens (tertiary/aromatic N) is 1. The van der Waals surface area contributed by atoms with Gasteiger partial charge in [-0.3, -0.25) is 4.99 Å². The highest BCUT2D eigenvalue weighted by Crippen LogP contribution is 2.33.